The summed E-state index contributed by atoms with van der Waals surface area (Å²) in [6, 6.07) is 5.40. The van der Waals surface area contributed by atoms with Crippen LogP contribution >= 0.6 is 11.6 Å². The summed E-state index contributed by atoms with van der Waals surface area (Å²) in [6.45, 7) is 5.80. The van der Waals surface area contributed by atoms with Gasteiger partial charge < -0.3 is 4.74 Å². The zero-order valence-electron chi connectivity index (χ0n) is 9.13. The van der Waals surface area contributed by atoms with Crippen molar-refractivity contribution in [1.82, 2.24) is 0 Å². The van der Waals surface area contributed by atoms with E-state index in [-0.39, 0.29) is 0 Å². The molecule has 1 rings (SSSR count). The van der Waals surface area contributed by atoms with E-state index in [0.717, 1.165) is 11.3 Å². The van der Waals surface area contributed by atoms with Crippen molar-refractivity contribution in [3.05, 3.63) is 33.7 Å². The summed E-state index contributed by atoms with van der Waals surface area (Å²) < 4.78 is 5.53. The van der Waals surface area contributed by atoms with Crippen LogP contribution in [-0.4, -0.2) is 12.1 Å². The van der Waals surface area contributed by atoms with E-state index >= 15 is 0 Å². The van der Waals surface area contributed by atoms with Crippen LogP contribution in [0.15, 0.2) is 18.2 Å². The highest BCUT2D eigenvalue weighted by Gasteiger charge is 2.26. The van der Waals surface area contributed by atoms with Gasteiger partial charge in [-0.15, -0.1) is 0 Å². The number of benzene rings is 1. The van der Waals surface area contributed by atoms with E-state index in [9.17, 15) is 4.91 Å². The smallest absolute Gasteiger partial charge is 0.235 e. The molecule has 0 amide bonds. The summed E-state index contributed by atoms with van der Waals surface area (Å²) in [6.07, 6.45) is 0. The second-order valence-electron chi connectivity index (χ2n) is 4.18. The first-order valence-corrected chi connectivity index (χ1v) is 5.11. The number of nitrogens with one attached hydrogen (secondary N) is 1. The van der Waals surface area contributed by atoms with Gasteiger partial charge in [-0.3, -0.25) is 0 Å². The molecule has 0 saturated carbocycles. The van der Waals surface area contributed by atoms with Crippen molar-refractivity contribution >= 4 is 11.6 Å². The number of nitroso groups, excluding NO2 is 1. The fraction of sp³-hybridized carbons (Fsp3) is 0.455. The van der Waals surface area contributed by atoms with Crippen molar-refractivity contribution < 1.29 is 9.91 Å². The van der Waals surface area contributed by atoms with Crippen LogP contribution in [0.25, 0.3) is 0 Å². The molecule has 1 aromatic rings. The molecule has 4 heteroatoms. The number of rotatable bonds is 4. The number of aryl methyl sites for hydroxylation is 1. The van der Waals surface area contributed by atoms with Crippen LogP contribution in [0.1, 0.15) is 19.4 Å². The fourth-order valence-corrected chi connectivity index (χ4v) is 1.29. The van der Waals surface area contributed by atoms with Crippen LogP contribution in [0.4, 0.5) is 0 Å². The first-order chi connectivity index (χ1) is 6.94. The second-order valence-corrected chi connectivity index (χ2v) is 4.62. The van der Waals surface area contributed by atoms with E-state index in [2.05, 4.69) is 0 Å². The standard InChI is InChI=1S/C11H14ClNO2/c1-8-6-9(12)4-5-10(8)15-7-11(2,3)13-14/h4-6H,7H2,1-3H3/p+1. The summed E-state index contributed by atoms with van der Waals surface area (Å²) in [7, 11) is 0. The third-order valence-corrected chi connectivity index (χ3v) is 2.24. The van der Waals surface area contributed by atoms with Crippen LogP contribution in [-0.2, 0) is 0 Å². The van der Waals surface area contributed by atoms with E-state index in [1.54, 1.807) is 26.0 Å². The van der Waals surface area contributed by atoms with Crippen LogP contribution in [0, 0.1) is 11.8 Å². The highest BCUT2D eigenvalue weighted by Crippen LogP contribution is 2.22. The van der Waals surface area contributed by atoms with Gasteiger partial charge in [0.2, 0.25) is 5.54 Å². The molecule has 82 valence electrons. The van der Waals surface area contributed by atoms with E-state index in [4.69, 9.17) is 16.3 Å². The molecule has 3 nitrogen and oxygen atoms in total. The van der Waals surface area contributed by atoms with Crippen molar-refractivity contribution in [2.24, 2.45) is 0 Å². The Kier molecular flexibility index (Phi) is 3.69. The maximum absolute atomic E-state index is 10.6. The summed E-state index contributed by atoms with van der Waals surface area (Å²) in [4.78, 5) is 10.6. The Morgan fingerprint density at radius 3 is 2.67 bits per heavy atom. The second kappa shape index (κ2) is 4.62. The van der Waals surface area contributed by atoms with Crippen LogP contribution < -0.4 is 9.91 Å². The van der Waals surface area contributed by atoms with Crippen molar-refractivity contribution in [1.29, 1.82) is 0 Å². The van der Waals surface area contributed by atoms with Crippen molar-refractivity contribution in [3.8, 4) is 5.75 Å². The maximum atomic E-state index is 10.6. The quantitative estimate of drug-likeness (QED) is 0.852. The normalized spacial score (nSPS) is 11.2. The lowest BCUT2D eigenvalue weighted by atomic mass is 10.1. The molecule has 0 radical (unpaired) electrons. The number of hydrogen-bond donors (Lipinski definition) is 1. The zero-order valence-corrected chi connectivity index (χ0v) is 9.89. The van der Waals surface area contributed by atoms with E-state index < -0.39 is 5.54 Å². The third-order valence-electron chi connectivity index (χ3n) is 2.00. The van der Waals surface area contributed by atoms with Gasteiger partial charge in [-0.05, 0) is 35.9 Å². The van der Waals surface area contributed by atoms with Crippen LogP contribution in [0.2, 0.25) is 5.02 Å². The molecule has 0 bridgehead atoms. The lowest BCUT2D eigenvalue weighted by molar-refractivity contribution is -0.567. The molecule has 1 aromatic carbocycles. The lowest BCUT2D eigenvalue weighted by Gasteiger charge is -2.13. The minimum Gasteiger partial charge on any atom is -0.486 e. The van der Waals surface area contributed by atoms with Gasteiger partial charge in [-0.25, -0.2) is 0 Å². The predicted molar refractivity (Wildman–Crippen MR) is 60.1 cm³/mol. The molecule has 0 unspecified atom stereocenters. The topological polar surface area (TPSA) is 40.3 Å². The Balaban J connectivity index is 2.70. The molecule has 0 aliphatic heterocycles. The number of hydrogen-bond acceptors (Lipinski definition) is 2. The molecule has 0 heterocycles. The fourth-order valence-electron chi connectivity index (χ4n) is 1.06. The highest BCUT2D eigenvalue weighted by atomic mass is 35.5. The molecule has 0 atom stereocenters. The Labute approximate surface area is 94.4 Å². The van der Waals surface area contributed by atoms with Gasteiger partial charge in [0.15, 0.2) is 6.61 Å². The molecule has 1 N–H and O–H groups in total. The van der Waals surface area contributed by atoms with Crippen molar-refractivity contribution in [2.75, 3.05) is 6.61 Å². The summed E-state index contributed by atoms with van der Waals surface area (Å²) in [5.74, 6) is 0.753. The van der Waals surface area contributed by atoms with Gasteiger partial charge in [0, 0.05) is 23.8 Å². The molecule has 0 aromatic heterocycles. The van der Waals surface area contributed by atoms with Crippen LogP contribution in [0.5, 0.6) is 5.75 Å². The molecule has 0 aliphatic rings. The van der Waals surface area contributed by atoms with Gasteiger partial charge >= 0.3 is 0 Å². The average Bonchev–Trinajstić information content (AvgIpc) is 2.16. The predicted octanol–water partition coefficient (Wildman–Crippen LogP) is 1.65. The molecule has 15 heavy (non-hydrogen) atoms. The Morgan fingerprint density at radius 1 is 1.47 bits per heavy atom. The monoisotopic (exact) mass is 228 g/mol. The Hall–Kier alpha value is -1.09. The molecule has 0 fully saturated rings. The maximum Gasteiger partial charge on any atom is 0.235 e. The van der Waals surface area contributed by atoms with Gasteiger partial charge in [0.1, 0.15) is 5.75 Å². The van der Waals surface area contributed by atoms with Gasteiger partial charge in [0.25, 0.3) is 0 Å². The minimum absolute atomic E-state index is 0.318. The first kappa shape index (κ1) is 12.0. The van der Waals surface area contributed by atoms with Gasteiger partial charge in [-0.2, -0.15) is 0 Å². The lowest BCUT2D eigenvalue weighted by Crippen LogP contribution is -2.81. The largest absolute Gasteiger partial charge is 0.486 e. The Morgan fingerprint density at radius 2 is 2.13 bits per heavy atom. The number of ether oxygens (including phenoxy) is 1. The van der Waals surface area contributed by atoms with E-state index in [1.165, 1.54) is 0 Å². The van der Waals surface area contributed by atoms with Crippen molar-refractivity contribution in [2.45, 2.75) is 26.3 Å². The van der Waals surface area contributed by atoms with Crippen molar-refractivity contribution in [3.63, 3.8) is 0 Å². The first-order valence-electron chi connectivity index (χ1n) is 4.73. The summed E-state index contributed by atoms with van der Waals surface area (Å²) in [5, 5.41) is 2.62. The molecule has 0 spiro atoms. The van der Waals surface area contributed by atoms with Crippen LogP contribution in [0.3, 0.4) is 0 Å². The molecule has 0 aliphatic carbocycles. The zero-order chi connectivity index (χ0) is 11.5. The molecular weight excluding hydrogens is 214 g/mol. The Bertz CT molecular complexity index is 364. The highest BCUT2D eigenvalue weighted by molar-refractivity contribution is 6.30. The average molecular weight is 229 g/mol. The van der Waals surface area contributed by atoms with Gasteiger partial charge in [0.05, 0.1) is 0 Å². The number of halogens is 1. The summed E-state index contributed by atoms with van der Waals surface area (Å²) >= 11 is 5.82. The third kappa shape index (κ3) is 3.51. The minimum atomic E-state index is -0.577. The van der Waals surface area contributed by atoms with E-state index in [1.807, 2.05) is 18.2 Å². The summed E-state index contributed by atoms with van der Waals surface area (Å²) in [5.41, 5.74) is 0.385. The molecular formula is C11H15ClNO2+. The SMILES string of the molecule is Cc1cc(Cl)ccc1OCC(C)(C)[NH+]=O. The molecule has 0 saturated heterocycles. The van der Waals surface area contributed by atoms with E-state index in [0.29, 0.717) is 11.6 Å². The van der Waals surface area contributed by atoms with Gasteiger partial charge in [-0.1, -0.05) is 11.6 Å².